The van der Waals surface area contributed by atoms with Crippen LogP contribution >= 0.6 is 22.6 Å². The number of carbonyl (C=O) groups is 3. The van der Waals surface area contributed by atoms with Crippen LogP contribution in [0.5, 0.6) is 11.5 Å². The second-order valence-electron chi connectivity index (χ2n) is 11.6. The molecule has 0 atom stereocenters. The van der Waals surface area contributed by atoms with Crippen molar-refractivity contribution in [2.75, 3.05) is 20.3 Å². The van der Waals surface area contributed by atoms with Gasteiger partial charge < -0.3 is 20.1 Å². The highest BCUT2D eigenvalue weighted by molar-refractivity contribution is 14.1. The molecule has 0 radical (unpaired) electrons. The number of nitrogens with two attached hydrogens (primary N) is 1. The molecule has 0 saturated heterocycles. The van der Waals surface area contributed by atoms with Crippen molar-refractivity contribution in [3.8, 4) is 11.5 Å². The van der Waals surface area contributed by atoms with E-state index >= 15 is 0 Å². The standard InChI is InChI=1S/C28H35IN2O5/c1-7-31-17-10-27(2,3)12-19(32)24(17)23(25-18(31)11-28(4,5)13-20(25)33)15-8-16(29)26(21(9-15)35-6)36-14-22(30)34/h8-9,23H,7,10-14H2,1-6H3,(H2,30,34). The Morgan fingerprint density at radius 1 is 1.03 bits per heavy atom. The maximum atomic E-state index is 13.8. The summed E-state index contributed by atoms with van der Waals surface area (Å²) >= 11 is 2.14. The van der Waals surface area contributed by atoms with Crippen LogP contribution in [0.1, 0.15) is 71.8 Å². The molecule has 0 spiro atoms. The predicted octanol–water partition coefficient (Wildman–Crippen LogP) is 4.87. The summed E-state index contributed by atoms with van der Waals surface area (Å²) in [5, 5.41) is 0. The van der Waals surface area contributed by atoms with Gasteiger partial charge in [-0.25, -0.2) is 0 Å². The van der Waals surface area contributed by atoms with E-state index in [0.29, 0.717) is 30.9 Å². The molecule has 194 valence electrons. The number of allylic oxidation sites excluding steroid dienone is 4. The Kier molecular flexibility index (Phi) is 7.05. The van der Waals surface area contributed by atoms with E-state index < -0.39 is 11.8 Å². The van der Waals surface area contributed by atoms with Gasteiger partial charge in [0.1, 0.15) is 0 Å². The van der Waals surface area contributed by atoms with Gasteiger partial charge in [0.2, 0.25) is 0 Å². The molecule has 4 rings (SSSR count). The first-order chi connectivity index (χ1) is 16.8. The van der Waals surface area contributed by atoms with Gasteiger partial charge in [-0.05, 0) is 70.9 Å². The number of nitrogens with zero attached hydrogens (tertiary/aromatic N) is 1. The number of halogens is 1. The lowest BCUT2D eigenvalue weighted by Gasteiger charge is -2.49. The molecule has 0 bridgehead atoms. The van der Waals surface area contributed by atoms with Crippen molar-refractivity contribution in [1.29, 1.82) is 0 Å². The zero-order valence-corrected chi connectivity index (χ0v) is 24.1. The molecule has 1 aliphatic heterocycles. The van der Waals surface area contributed by atoms with E-state index in [-0.39, 0.29) is 29.0 Å². The summed E-state index contributed by atoms with van der Waals surface area (Å²) in [6.45, 7) is 11.1. The molecule has 1 aromatic rings. The van der Waals surface area contributed by atoms with E-state index in [9.17, 15) is 14.4 Å². The molecule has 0 unspecified atom stereocenters. The molecule has 0 fully saturated rings. The van der Waals surface area contributed by atoms with Gasteiger partial charge in [-0.2, -0.15) is 0 Å². The maximum absolute atomic E-state index is 13.8. The summed E-state index contributed by atoms with van der Waals surface area (Å²) in [6, 6.07) is 3.76. The lowest BCUT2D eigenvalue weighted by Crippen LogP contribution is -2.44. The van der Waals surface area contributed by atoms with Gasteiger partial charge >= 0.3 is 0 Å². The van der Waals surface area contributed by atoms with Crippen LogP contribution in [-0.2, 0) is 14.4 Å². The van der Waals surface area contributed by atoms with Crippen LogP contribution in [0.25, 0.3) is 0 Å². The quantitative estimate of drug-likeness (QED) is 0.465. The Labute approximate surface area is 226 Å². The number of amides is 1. The molecule has 7 nitrogen and oxygen atoms in total. The largest absolute Gasteiger partial charge is 0.493 e. The number of primary amides is 1. The van der Waals surface area contributed by atoms with Gasteiger partial charge in [0.15, 0.2) is 29.7 Å². The van der Waals surface area contributed by atoms with Crippen molar-refractivity contribution < 1.29 is 23.9 Å². The number of Topliss-reactive ketones (excluding diaryl/α,β-unsaturated/α-hetero) is 2. The Morgan fingerprint density at radius 2 is 1.56 bits per heavy atom. The van der Waals surface area contributed by atoms with E-state index in [1.807, 2.05) is 12.1 Å². The minimum absolute atomic E-state index is 0.0944. The number of ketones is 2. The molecule has 3 aliphatic rings. The Hall–Kier alpha value is -2.36. The second kappa shape index (κ2) is 9.50. The van der Waals surface area contributed by atoms with Crippen LogP contribution < -0.4 is 15.2 Å². The Morgan fingerprint density at radius 3 is 2.00 bits per heavy atom. The van der Waals surface area contributed by atoms with Crippen LogP contribution in [0, 0.1) is 14.4 Å². The van der Waals surface area contributed by atoms with E-state index in [4.69, 9.17) is 15.2 Å². The maximum Gasteiger partial charge on any atom is 0.255 e. The fraction of sp³-hybridized carbons (Fsp3) is 0.536. The summed E-state index contributed by atoms with van der Waals surface area (Å²) in [5.41, 5.74) is 9.32. The predicted molar refractivity (Wildman–Crippen MR) is 146 cm³/mol. The summed E-state index contributed by atoms with van der Waals surface area (Å²) in [6.07, 6.45) is 2.43. The average Bonchev–Trinajstić information content (AvgIpc) is 2.74. The molecule has 8 heteroatoms. The van der Waals surface area contributed by atoms with Gasteiger partial charge in [0, 0.05) is 47.8 Å². The molecular weight excluding hydrogens is 571 g/mol. The van der Waals surface area contributed by atoms with Crippen LogP contribution in [-0.4, -0.2) is 42.6 Å². The van der Waals surface area contributed by atoms with Crippen LogP contribution in [0.4, 0.5) is 0 Å². The van der Waals surface area contributed by atoms with Gasteiger partial charge in [0.05, 0.1) is 10.7 Å². The van der Waals surface area contributed by atoms with Gasteiger partial charge in [0.25, 0.3) is 5.91 Å². The number of hydrogen-bond acceptors (Lipinski definition) is 6. The molecule has 2 N–H and O–H groups in total. The van der Waals surface area contributed by atoms with Crippen LogP contribution in [0.15, 0.2) is 34.7 Å². The summed E-state index contributed by atoms with van der Waals surface area (Å²) in [5.74, 6) is 0.000496. The third-order valence-electron chi connectivity index (χ3n) is 7.28. The van der Waals surface area contributed by atoms with E-state index in [1.165, 1.54) is 7.11 Å². The summed E-state index contributed by atoms with van der Waals surface area (Å²) < 4.78 is 12.0. The number of hydrogen-bond donors (Lipinski definition) is 1. The zero-order valence-electron chi connectivity index (χ0n) is 21.9. The normalized spacial score (nSPS) is 21.4. The number of methoxy groups -OCH3 is 1. The van der Waals surface area contributed by atoms with Crippen molar-refractivity contribution in [2.45, 2.75) is 66.2 Å². The second-order valence-corrected chi connectivity index (χ2v) is 12.7. The van der Waals surface area contributed by atoms with E-state index in [1.54, 1.807) is 0 Å². The minimum Gasteiger partial charge on any atom is -0.493 e. The zero-order chi connectivity index (χ0) is 26.6. The number of benzene rings is 1. The molecule has 1 aromatic carbocycles. The third kappa shape index (κ3) is 4.80. The monoisotopic (exact) mass is 606 g/mol. The summed E-state index contributed by atoms with van der Waals surface area (Å²) in [4.78, 5) is 41.1. The Bertz CT molecular complexity index is 1160. The van der Waals surface area contributed by atoms with E-state index in [2.05, 4.69) is 62.1 Å². The lowest BCUT2D eigenvalue weighted by molar-refractivity contribution is -0.121. The Balaban J connectivity index is 1.96. The highest BCUT2D eigenvalue weighted by atomic mass is 127. The smallest absolute Gasteiger partial charge is 0.255 e. The molecule has 36 heavy (non-hydrogen) atoms. The topological polar surface area (TPSA) is 98.9 Å². The first kappa shape index (κ1) is 26.7. The highest BCUT2D eigenvalue weighted by Gasteiger charge is 2.48. The molecule has 1 heterocycles. The fourth-order valence-corrected chi connectivity index (χ4v) is 6.73. The molecule has 0 saturated carbocycles. The number of ether oxygens (including phenoxy) is 2. The SMILES string of the molecule is CCN1C2=C(C(=O)CC(C)(C)C2)C(c2cc(I)c(OCC(N)=O)c(OC)c2)C2=C1CC(C)(C)CC2=O. The van der Waals surface area contributed by atoms with Gasteiger partial charge in [-0.3, -0.25) is 14.4 Å². The molecule has 1 amide bonds. The van der Waals surface area contributed by atoms with Crippen molar-refractivity contribution in [3.63, 3.8) is 0 Å². The van der Waals surface area contributed by atoms with Crippen LogP contribution in [0.2, 0.25) is 0 Å². The highest BCUT2D eigenvalue weighted by Crippen LogP contribution is 2.55. The van der Waals surface area contributed by atoms with Crippen molar-refractivity contribution in [3.05, 3.63) is 43.8 Å². The van der Waals surface area contributed by atoms with Crippen molar-refractivity contribution in [1.82, 2.24) is 4.90 Å². The molecule has 2 aliphatic carbocycles. The molecular formula is C28H35IN2O5. The van der Waals surface area contributed by atoms with Crippen molar-refractivity contribution in [2.24, 2.45) is 16.6 Å². The fourth-order valence-electron chi connectivity index (χ4n) is 5.95. The van der Waals surface area contributed by atoms with Gasteiger partial charge in [-0.1, -0.05) is 27.7 Å². The first-order valence-corrected chi connectivity index (χ1v) is 13.4. The number of carbonyl (C=O) groups excluding carboxylic acids is 3. The van der Waals surface area contributed by atoms with Gasteiger partial charge in [-0.15, -0.1) is 0 Å². The average molecular weight is 607 g/mol. The van der Waals surface area contributed by atoms with Crippen LogP contribution in [0.3, 0.4) is 0 Å². The minimum atomic E-state index is -0.584. The van der Waals surface area contributed by atoms with E-state index in [0.717, 1.165) is 44.5 Å². The first-order valence-electron chi connectivity index (χ1n) is 12.4. The number of rotatable bonds is 6. The van der Waals surface area contributed by atoms with Crippen molar-refractivity contribution >= 4 is 40.1 Å². The summed E-state index contributed by atoms with van der Waals surface area (Å²) in [7, 11) is 1.53. The third-order valence-corrected chi connectivity index (χ3v) is 8.08. The molecule has 0 aromatic heterocycles. The lowest BCUT2D eigenvalue weighted by atomic mass is 9.63.